The van der Waals surface area contributed by atoms with E-state index >= 15 is 0 Å². The largest absolute Gasteiger partial charge is 0.396 e. The Morgan fingerprint density at radius 3 is 2.53 bits per heavy atom. The molecule has 1 aromatic heterocycles. The lowest BCUT2D eigenvalue weighted by molar-refractivity contribution is 0.289. The summed E-state index contributed by atoms with van der Waals surface area (Å²) in [4.78, 5) is 11.2. The molecule has 0 aliphatic carbocycles. The second-order valence-corrected chi connectivity index (χ2v) is 4.83. The topological polar surface area (TPSA) is 87.3 Å². The van der Waals surface area contributed by atoms with E-state index in [0.717, 1.165) is 36.7 Å². The number of nitrogens with zero attached hydrogens (tertiary/aromatic N) is 3. The van der Waals surface area contributed by atoms with Gasteiger partial charge >= 0.3 is 0 Å². The Balaban J connectivity index is 3.18. The maximum atomic E-state index is 8.98. The molecule has 0 aromatic carbocycles. The summed E-state index contributed by atoms with van der Waals surface area (Å²) in [7, 11) is 0. The highest BCUT2D eigenvalue weighted by atomic mass is 16.3. The van der Waals surface area contributed by atoms with E-state index in [1.54, 1.807) is 0 Å². The lowest BCUT2D eigenvalue weighted by atomic mass is 10.2. The van der Waals surface area contributed by atoms with Crippen LogP contribution in [-0.2, 0) is 0 Å². The quantitative estimate of drug-likeness (QED) is 0.511. The van der Waals surface area contributed by atoms with Crippen LogP contribution in [0.1, 0.15) is 44.5 Å². The highest BCUT2D eigenvalue weighted by Gasteiger charge is 2.16. The van der Waals surface area contributed by atoms with Crippen LogP contribution in [0.25, 0.3) is 0 Å². The third-order valence-electron chi connectivity index (χ3n) is 3.06. The first-order chi connectivity index (χ1) is 9.04. The average molecular weight is 267 g/mol. The molecule has 0 saturated carbocycles. The molecule has 6 heteroatoms. The van der Waals surface area contributed by atoms with Crippen molar-refractivity contribution in [3.8, 4) is 0 Å². The van der Waals surface area contributed by atoms with E-state index in [4.69, 9.17) is 10.9 Å². The van der Waals surface area contributed by atoms with Crippen molar-refractivity contribution in [2.75, 3.05) is 30.0 Å². The second-order valence-electron chi connectivity index (χ2n) is 4.83. The number of aliphatic hydroxyl groups excluding tert-OH is 1. The third-order valence-corrected chi connectivity index (χ3v) is 3.06. The molecule has 0 fully saturated rings. The van der Waals surface area contributed by atoms with E-state index < -0.39 is 0 Å². The molecule has 108 valence electrons. The highest BCUT2D eigenvalue weighted by Crippen LogP contribution is 2.25. The molecule has 0 atom stereocenters. The van der Waals surface area contributed by atoms with Crippen LogP contribution in [0.3, 0.4) is 0 Å². The molecule has 0 radical (unpaired) electrons. The van der Waals surface area contributed by atoms with E-state index in [2.05, 4.69) is 41.1 Å². The van der Waals surface area contributed by atoms with Gasteiger partial charge in [-0.3, -0.25) is 0 Å². The lowest BCUT2D eigenvalue weighted by Gasteiger charge is -2.25. The number of nitrogens with two attached hydrogens (primary N) is 1. The van der Waals surface area contributed by atoms with Gasteiger partial charge in [0.25, 0.3) is 0 Å². The highest BCUT2D eigenvalue weighted by molar-refractivity contribution is 5.58. The SMILES string of the molecule is CCN(CCCO)c1nc(C(C)C)nc(NN)c1C. The van der Waals surface area contributed by atoms with Crippen LogP contribution in [0, 0.1) is 6.92 Å². The molecule has 0 aliphatic heterocycles. The molecule has 1 rings (SSSR count). The van der Waals surface area contributed by atoms with Gasteiger partial charge in [-0.05, 0) is 20.3 Å². The average Bonchev–Trinajstić information content (AvgIpc) is 2.40. The molecule has 0 aliphatic rings. The zero-order valence-corrected chi connectivity index (χ0v) is 12.3. The van der Waals surface area contributed by atoms with Crippen molar-refractivity contribution in [3.05, 3.63) is 11.4 Å². The first-order valence-electron chi connectivity index (χ1n) is 6.76. The molecule has 4 N–H and O–H groups in total. The van der Waals surface area contributed by atoms with Crippen LogP contribution < -0.4 is 16.2 Å². The Labute approximate surface area is 115 Å². The monoisotopic (exact) mass is 267 g/mol. The van der Waals surface area contributed by atoms with Gasteiger partial charge in [0.1, 0.15) is 17.5 Å². The first-order valence-corrected chi connectivity index (χ1v) is 6.76. The van der Waals surface area contributed by atoms with E-state index in [9.17, 15) is 0 Å². The van der Waals surface area contributed by atoms with Crippen LogP contribution in [0.5, 0.6) is 0 Å². The van der Waals surface area contributed by atoms with Gasteiger partial charge in [-0.15, -0.1) is 0 Å². The number of hydrazine groups is 1. The number of hydrogen-bond donors (Lipinski definition) is 3. The number of rotatable bonds is 7. The van der Waals surface area contributed by atoms with Gasteiger partial charge in [0.15, 0.2) is 0 Å². The maximum absolute atomic E-state index is 8.98. The van der Waals surface area contributed by atoms with Crippen molar-refractivity contribution in [2.24, 2.45) is 5.84 Å². The fraction of sp³-hybridized carbons (Fsp3) is 0.692. The van der Waals surface area contributed by atoms with E-state index in [1.165, 1.54) is 0 Å². The van der Waals surface area contributed by atoms with Gasteiger partial charge in [0, 0.05) is 31.2 Å². The number of aromatic nitrogens is 2. The molecule has 6 nitrogen and oxygen atoms in total. The summed E-state index contributed by atoms with van der Waals surface area (Å²) in [5.74, 6) is 8.10. The van der Waals surface area contributed by atoms with Crippen molar-refractivity contribution in [1.82, 2.24) is 9.97 Å². The zero-order chi connectivity index (χ0) is 14.4. The molecular formula is C13H25N5O. The van der Waals surface area contributed by atoms with Gasteiger partial charge in [-0.1, -0.05) is 13.8 Å². The number of nitrogen functional groups attached to an aromatic ring is 1. The lowest BCUT2D eigenvalue weighted by Crippen LogP contribution is -2.28. The first kappa shape index (κ1) is 15.7. The minimum absolute atomic E-state index is 0.180. The van der Waals surface area contributed by atoms with Crippen LogP contribution in [0.4, 0.5) is 11.6 Å². The molecule has 0 unspecified atom stereocenters. The van der Waals surface area contributed by atoms with Crippen molar-refractivity contribution in [3.63, 3.8) is 0 Å². The van der Waals surface area contributed by atoms with E-state index in [0.29, 0.717) is 5.82 Å². The summed E-state index contributed by atoms with van der Waals surface area (Å²) in [6.07, 6.45) is 0.722. The standard InChI is InChI=1S/C13H25N5O/c1-5-18(7-6-8-19)13-10(4)12(17-14)15-11(16-13)9(2)3/h9,19H,5-8,14H2,1-4H3,(H,15,16,17). The summed E-state index contributed by atoms with van der Waals surface area (Å²) in [5.41, 5.74) is 3.58. The Morgan fingerprint density at radius 1 is 1.37 bits per heavy atom. The Morgan fingerprint density at radius 2 is 2.05 bits per heavy atom. The number of nitrogens with one attached hydrogen (secondary N) is 1. The molecule has 1 heterocycles. The van der Waals surface area contributed by atoms with Crippen molar-refractivity contribution in [2.45, 2.75) is 40.0 Å². The van der Waals surface area contributed by atoms with Gasteiger partial charge < -0.3 is 15.4 Å². The number of hydrogen-bond acceptors (Lipinski definition) is 6. The predicted molar refractivity (Wildman–Crippen MR) is 78.3 cm³/mol. The minimum atomic E-state index is 0.180. The Hall–Kier alpha value is -1.40. The fourth-order valence-corrected chi connectivity index (χ4v) is 1.90. The summed E-state index contributed by atoms with van der Waals surface area (Å²) in [6.45, 7) is 9.92. The van der Waals surface area contributed by atoms with Crippen molar-refractivity contribution >= 4 is 11.6 Å². The van der Waals surface area contributed by atoms with E-state index in [1.807, 2.05) is 6.92 Å². The molecule has 0 saturated heterocycles. The summed E-state index contributed by atoms with van der Waals surface area (Å²) < 4.78 is 0. The van der Waals surface area contributed by atoms with E-state index in [-0.39, 0.29) is 12.5 Å². The molecule has 0 spiro atoms. The Kier molecular flexibility index (Phi) is 5.98. The smallest absolute Gasteiger partial charge is 0.148 e. The zero-order valence-electron chi connectivity index (χ0n) is 12.3. The van der Waals surface area contributed by atoms with Gasteiger partial charge in [0.2, 0.25) is 0 Å². The molecule has 0 amide bonds. The summed E-state index contributed by atoms with van der Waals surface area (Å²) >= 11 is 0. The minimum Gasteiger partial charge on any atom is -0.396 e. The van der Waals surface area contributed by atoms with Crippen molar-refractivity contribution < 1.29 is 5.11 Å². The number of anilines is 2. The maximum Gasteiger partial charge on any atom is 0.148 e. The van der Waals surface area contributed by atoms with Gasteiger partial charge in [-0.2, -0.15) is 0 Å². The van der Waals surface area contributed by atoms with Crippen LogP contribution in [0.15, 0.2) is 0 Å². The molecule has 0 bridgehead atoms. The summed E-state index contributed by atoms with van der Waals surface area (Å²) in [5, 5.41) is 8.98. The second kappa shape index (κ2) is 7.25. The summed E-state index contributed by atoms with van der Waals surface area (Å²) in [6, 6.07) is 0. The predicted octanol–water partition coefficient (Wildman–Crippen LogP) is 1.40. The molecule has 1 aromatic rings. The number of aliphatic hydroxyl groups is 1. The van der Waals surface area contributed by atoms with Crippen molar-refractivity contribution in [1.29, 1.82) is 0 Å². The Bertz CT molecular complexity index is 408. The third kappa shape index (κ3) is 3.78. The van der Waals surface area contributed by atoms with Crippen LogP contribution >= 0.6 is 0 Å². The molecule has 19 heavy (non-hydrogen) atoms. The van der Waals surface area contributed by atoms with Gasteiger partial charge in [-0.25, -0.2) is 15.8 Å². The normalized spacial score (nSPS) is 10.9. The van der Waals surface area contributed by atoms with Gasteiger partial charge in [0.05, 0.1) is 0 Å². The van der Waals surface area contributed by atoms with Crippen LogP contribution in [0.2, 0.25) is 0 Å². The molecular weight excluding hydrogens is 242 g/mol. The fourth-order valence-electron chi connectivity index (χ4n) is 1.90. The van der Waals surface area contributed by atoms with Crippen LogP contribution in [-0.4, -0.2) is 34.8 Å².